The predicted molar refractivity (Wildman–Crippen MR) is 84.5 cm³/mol. The standard InChI is InChI=1S/C14H12F2N4O2S2/c15-10-6-11(16)8-13(7-10)24(21,22)18-4-2-12-9-23-14(19-12)20-5-1-3-17-20/h1,3,5-9,18H,2,4H2. The largest absolute Gasteiger partial charge is 0.240 e. The van der Waals surface area contributed by atoms with E-state index in [1.807, 2.05) is 0 Å². The van der Waals surface area contributed by atoms with E-state index in [4.69, 9.17) is 0 Å². The quantitative estimate of drug-likeness (QED) is 0.721. The summed E-state index contributed by atoms with van der Waals surface area (Å²) in [5, 5.41) is 6.53. The number of hydrogen-bond donors (Lipinski definition) is 1. The Kier molecular flexibility index (Phi) is 4.69. The van der Waals surface area contributed by atoms with E-state index in [0.29, 0.717) is 23.3 Å². The van der Waals surface area contributed by atoms with Gasteiger partial charge < -0.3 is 0 Å². The van der Waals surface area contributed by atoms with Crippen LogP contribution in [0, 0.1) is 11.6 Å². The lowest BCUT2D eigenvalue weighted by molar-refractivity contribution is 0.561. The zero-order valence-electron chi connectivity index (χ0n) is 12.2. The minimum absolute atomic E-state index is 0.0583. The van der Waals surface area contributed by atoms with Crippen molar-refractivity contribution < 1.29 is 17.2 Å². The van der Waals surface area contributed by atoms with Crippen LogP contribution in [0.5, 0.6) is 0 Å². The molecule has 0 atom stereocenters. The lowest BCUT2D eigenvalue weighted by Gasteiger charge is -2.06. The molecule has 0 amide bonds. The molecule has 0 aliphatic carbocycles. The number of aromatic nitrogens is 3. The van der Waals surface area contributed by atoms with Gasteiger partial charge in [-0.15, -0.1) is 11.3 Å². The van der Waals surface area contributed by atoms with E-state index in [0.717, 1.165) is 12.1 Å². The van der Waals surface area contributed by atoms with E-state index < -0.39 is 26.6 Å². The third kappa shape index (κ3) is 3.83. The fourth-order valence-corrected chi connectivity index (χ4v) is 3.85. The molecule has 0 radical (unpaired) electrons. The highest BCUT2D eigenvalue weighted by Gasteiger charge is 2.16. The van der Waals surface area contributed by atoms with Crippen LogP contribution in [0.15, 0.2) is 46.9 Å². The summed E-state index contributed by atoms with van der Waals surface area (Å²) < 4.78 is 54.3. The SMILES string of the molecule is O=S(=O)(NCCc1csc(-n2cccn2)n1)c1cc(F)cc(F)c1. The molecule has 2 heterocycles. The van der Waals surface area contributed by atoms with Crippen LogP contribution in [0.4, 0.5) is 8.78 Å². The van der Waals surface area contributed by atoms with Crippen LogP contribution in [0.25, 0.3) is 5.13 Å². The van der Waals surface area contributed by atoms with Gasteiger partial charge in [0.2, 0.25) is 15.2 Å². The normalized spacial score (nSPS) is 11.8. The first-order valence-electron chi connectivity index (χ1n) is 6.84. The maximum Gasteiger partial charge on any atom is 0.240 e. The van der Waals surface area contributed by atoms with Crippen molar-refractivity contribution in [2.45, 2.75) is 11.3 Å². The molecule has 0 fully saturated rings. The van der Waals surface area contributed by atoms with Gasteiger partial charge >= 0.3 is 0 Å². The van der Waals surface area contributed by atoms with Crippen molar-refractivity contribution in [2.24, 2.45) is 0 Å². The molecular formula is C14H12F2N4O2S2. The Hall–Kier alpha value is -2.17. The second-order valence-electron chi connectivity index (χ2n) is 4.82. The van der Waals surface area contributed by atoms with Gasteiger partial charge in [-0.1, -0.05) is 0 Å². The molecule has 3 aromatic rings. The molecule has 0 saturated heterocycles. The summed E-state index contributed by atoms with van der Waals surface area (Å²) in [6.45, 7) is 0.0583. The lowest BCUT2D eigenvalue weighted by atomic mass is 10.3. The molecule has 0 aliphatic heterocycles. The van der Waals surface area contributed by atoms with Gasteiger partial charge in [0.25, 0.3) is 0 Å². The van der Waals surface area contributed by atoms with Crippen LogP contribution in [0.2, 0.25) is 0 Å². The van der Waals surface area contributed by atoms with Gasteiger partial charge in [-0.05, 0) is 18.2 Å². The van der Waals surface area contributed by atoms with Gasteiger partial charge in [0.15, 0.2) is 0 Å². The summed E-state index contributed by atoms with van der Waals surface area (Å²) in [6, 6.07) is 3.92. The Morgan fingerprint density at radius 2 is 1.96 bits per heavy atom. The molecule has 6 nitrogen and oxygen atoms in total. The minimum Gasteiger partial charge on any atom is -0.223 e. The molecule has 0 unspecified atom stereocenters. The van der Waals surface area contributed by atoms with Crippen LogP contribution in [-0.2, 0) is 16.4 Å². The molecule has 0 bridgehead atoms. The molecule has 1 N–H and O–H groups in total. The fraction of sp³-hybridized carbons (Fsp3) is 0.143. The van der Waals surface area contributed by atoms with E-state index in [2.05, 4.69) is 14.8 Å². The zero-order valence-corrected chi connectivity index (χ0v) is 13.8. The molecule has 2 aromatic heterocycles. The summed E-state index contributed by atoms with van der Waals surface area (Å²) in [7, 11) is -3.98. The van der Waals surface area contributed by atoms with Crippen molar-refractivity contribution in [3.05, 3.63) is 59.4 Å². The summed E-state index contributed by atoms with van der Waals surface area (Å²) in [4.78, 5) is 3.89. The van der Waals surface area contributed by atoms with Crippen LogP contribution < -0.4 is 4.72 Å². The van der Waals surface area contributed by atoms with E-state index in [9.17, 15) is 17.2 Å². The second-order valence-corrected chi connectivity index (χ2v) is 7.43. The molecule has 1 aromatic carbocycles. The lowest BCUT2D eigenvalue weighted by Crippen LogP contribution is -2.26. The van der Waals surface area contributed by atoms with E-state index in [-0.39, 0.29) is 6.54 Å². The number of nitrogens with zero attached hydrogens (tertiary/aromatic N) is 3. The monoisotopic (exact) mass is 370 g/mol. The third-order valence-electron chi connectivity index (χ3n) is 3.06. The number of rotatable bonds is 6. The van der Waals surface area contributed by atoms with E-state index in [1.165, 1.54) is 11.3 Å². The van der Waals surface area contributed by atoms with Gasteiger partial charge in [0.05, 0.1) is 10.6 Å². The Balaban J connectivity index is 1.63. The maximum atomic E-state index is 13.1. The van der Waals surface area contributed by atoms with Gasteiger partial charge in [0, 0.05) is 36.8 Å². The first-order chi connectivity index (χ1) is 11.4. The number of halogens is 2. The zero-order chi connectivity index (χ0) is 17.2. The first-order valence-corrected chi connectivity index (χ1v) is 9.20. The third-order valence-corrected chi connectivity index (χ3v) is 5.38. The number of thiazole rings is 1. The molecular weight excluding hydrogens is 358 g/mol. The van der Waals surface area contributed by atoms with Crippen molar-refractivity contribution in [1.82, 2.24) is 19.5 Å². The molecule has 0 aliphatic rings. The smallest absolute Gasteiger partial charge is 0.223 e. The highest BCUT2D eigenvalue weighted by molar-refractivity contribution is 7.89. The molecule has 24 heavy (non-hydrogen) atoms. The molecule has 3 rings (SSSR count). The Labute approximate surface area is 140 Å². The van der Waals surface area contributed by atoms with Crippen LogP contribution in [-0.4, -0.2) is 29.7 Å². The van der Waals surface area contributed by atoms with Gasteiger partial charge in [-0.3, -0.25) is 0 Å². The number of benzene rings is 1. The Morgan fingerprint density at radius 1 is 1.21 bits per heavy atom. The van der Waals surface area contributed by atoms with Crippen molar-refractivity contribution in [1.29, 1.82) is 0 Å². The highest BCUT2D eigenvalue weighted by Crippen LogP contribution is 2.15. The second kappa shape index (κ2) is 6.75. The number of nitrogens with one attached hydrogen (secondary N) is 1. The Bertz CT molecular complexity index is 919. The van der Waals surface area contributed by atoms with Crippen LogP contribution in [0.1, 0.15) is 5.69 Å². The van der Waals surface area contributed by atoms with Gasteiger partial charge in [0.1, 0.15) is 11.6 Å². The Morgan fingerprint density at radius 3 is 2.62 bits per heavy atom. The van der Waals surface area contributed by atoms with Crippen LogP contribution in [0.3, 0.4) is 0 Å². The molecule has 0 saturated carbocycles. The molecule has 10 heteroatoms. The topological polar surface area (TPSA) is 76.9 Å². The maximum absolute atomic E-state index is 13.1. The van der Waals surface area contributed by atoms with Gasteiger partial charge in [-0.2, -0.15) is 5.10 Å². The number of sulfonamides is 1. The highest BCUT2D eigenvalue weighted by atomic mass is 32.2. The molecule has 126 valence electrons. The van der Waals surface area contributed by atoms with Crippen molar-refractivity contribution in [2.75, 3.05) is 6.54 Å². The summed E-state index contributed by atoms with van der Waals surface area (Å²) in [5.74, 6) is -1.89. The average Bonchev–Trinajstić information content (AvgIpc) is 3.17. The van der Waals surface area contributed by atoms with E-state index >= 15 is 0 Å². The summed E-state index contributed by atoms with van der Waals surface area (Å²) >= 11 is 1.38. The first kappa shape index (κ1) is 16.7. The molecule has 0 spiro atoms. The fourth-order valence-electron chi connectivity index (χ4n) is 1.98. The minimum atomic E-state index is -3.98. The average molecular weight is 370 g/mol. The van der Waals surface area contributed by atoms with Gasteiger partial charge in [-0.25, -0.2) is 31.6 Å². The van der Waals surface area contributed by atoms with Crippen molar-refractivity contribution in [3.63, 3.8) is 0 Å². The summed E-state index contributed by atoms with van der Waals surface area (Å²) in [5.41, 5.74) is 0.693. The van der Waals surface area contributed by atoms with Crippen LogP contribution >= 0.6 is 11.3 Å². The number of hydrogen-bond acceptors (Lipinski definition) is 5. The van der Waals surface area contributed by atoms with E-state index in [1.54, 1.807) is 28.5 Å². The summed E-state index contributed by atoms with van der Waals surface area (Å²) in [6.07, 6.45) is 3.73. The van der Waals surface area contributed by atoms with Crippen molar-refractivity contribution in [3.8, 4) is 5.13 Å². The predicted octanol–water partition coefficient (Wildman–Crippen LogP) is 2.13. The van der Waals surface area contributed by atoms with Crippen molar-refractivity contribution >= 4 is 21.4 Å².